The lowest BCUT2D eigenvalue weighted by Crippen LogP contribution is -1.95. The lowest BCUT2D eigenvalue weighted by atomic mass is 10.1. The number of aromatic hydroxyl groups is 1. The standard InChI is InChI=1S/C10H10FNO3/c1-6-7(4-12-5-13)3-8(11)10(15-2)9(6)14/h3,14H,4H2,1-2H3. The van der Waals surface area contributed by atoms with E-state index in [0.29, 0.717) is 11.1 Å². The Bertz CT molecular complexity index is 425. The summed E-state index contributed by atoms with van der Waals surface area (Å²) in [5.74, 6) is -1.16. The summed E-state index contributed by atoms with van der Waals surface area (Å²) in [5.41, 5.74) is 0.862. The Morgan fingerprint density at radius 3 is 2.87 bits per heavy atom. The van der Waals surface area contributed by atoms with E-state index in [0.717, 1.165) is 0 Å². The van der Waals surface area contributed by atoms with Gasteiger partial charge in [0.05, 0.1) is 13.7 Å². The van der Waals surface area contributed by atoms with Crippen molar-refractivity contribution in [1.82, 2.24) is 0 Å². The van der Waals surface area contributed by atoms with Crippen LogP contribution in [0.15, 0.2) is 11.1 Å². The fourth-order valence-electron chi connectivity index (χ4n) is 1.24. The molecule has 0 unspecified atom stereocenters. The largest absolute Gasteiger partial charge is 0.504 e. The van der Waals surface area contributed by atoms with Crippen LogP contribution in [0.25, 0.3) is 0 Å². The smallest absolute Gasteiger partial charge is 0.235 e. The predicted octanol–water partition coefficient (Wildman–Crippen LogP) is 1.68. The summed E-state index contributed by atoms with van der Waals surface area (Å²) in [6.07, 6.45) is 1.35. The van der Waals surface area contributed by atoms with Crippen LogP contribution in [0.1, 0.15) is 11.1 Å². The van der Waals surface area contributed by atoms with Gasteiger partial charge in [0, 0.05) is 0 Å². The monoisotopic (exact) mass is 211 g/mol. The zero-order valence-electron chi connectivity index (χ0n) is 8.37. The second-order valence-corrected chi connectivity index (χ2v) is 2.93. The first kappa shape index (κ1) is 11.2. The van der Waals surface area contributed by atoms with Crippen LogP contribution in [0, 0.1) is 12.7 Å². The zero-order valence-corrected chi connectivity index (χ0v) is 8.37. The Hall–Kier alpha value is -1.87. The summed E-state index contributed by atoms with van der Waals surface area (Å²) in [4.78, 5) is 13.2. The SMILES string of the molecule is COc1c(F)cc(CN=C=O)c(C)c1O. The van der Waals surface area contributed by atoms with Gasteiger partial charge in [-0.1, -0.05) is 0 Å². The number of rotatable bonds is 3. The molecule has 80 valence electrons. The molecule has 5 heteroatoms. The third-order valence-corrected chi connectivity index (χ3v) is 2.09. The van der Waals surface area contributed by atoms with E-state index in [1.807, 2.05) is 0 Å². The Morgan fingerprint density at radius 1 is 1.67 bits per heavy atom. The average Bonchev–Trinajstić information content (AvgIpc) is 2.22. The van der Waals surface area contributed by atoms with E-state index in [9.17, 15) is 14.3 Å². The number of aliphatic imine (C=N–C) groups is 1. The Balaban J connectivity index is 3.26. The maximum atomic E-state index is 13.3. The highest BCUT2D eigenvalue weighted by atomic mass is 19.1. The number of benzene rings is 1. The van der Waals surface area contributed by atoms with Crippen molar-refractivity contribution in [2.45, 2.75) is 13.5 Å². The van der Waals surface area contributed by atoms with Crippen molar-refractivity contribution in [2.75, 3.05) is 7.11 Å². The number of carbonyl (C=O) groups excluding carboxylic acids is 1. The van der Waals surface area contributed by atoms with Crippen molar-refractivity contribution in [1.29, 1.82) is 0 Å². The molecule has 1 N–H and O–H groups in total. The first-order valence-corrected chi connectivity index (χ1v) is 4.20. The summed E-state index contributed by atoms with van der Waals surface area (Å²) in [5, 5.41) is 9.55. The number of phenols is 1. The third kappa shape index (κ3) is 2.14. The molecule has 0 atom stereocenters. The van der Waals surface area contributed by atoms with Gasteiger partial charge in [0.2, 0.25) is 6.08 Å². The van der Waals surface area contributed by atoms with Gasteiger partial charge < -0.3 is 9.84 Å². The number of isocyanates is 1. The van der Waals surface area contributed by atoms with Crippen molar-refractivity contribution < 1.29 is 19.0 Å². The van der Waals surface area contributed by atoms with Gasteiger partial charge in [-0.15, -0.1) is 0 Å². The van der Waals surface area contributed by atoms with Crippen LogP contribution < -0.4 is 4.74 Å². The molecular formula is C10H10FNO3. The molecule has 0 aromatic heterocycles. The van der Waals surface area contributed by atoms with Gasteiger partial charge in [-0.25, -0.2) is 14.2 Å². The second-order valence-electron chi connectivity index (χ2n) is 2.93. The van der Waals surface area contributed by atoms with E-state index in [1.54, 1.807) is 6.92 Å². The van der Waals surface area contributed by atoms with E-state index in [2.05, 4.69) is 9.73 Å². The molecule has 0 saturated heterocycles. The first-order valence-electron chi connectivity index (χ1n) is 4.20. The lowest BCUT2D eigenvalue weighted by Gasteiger charge is -2.10. The lowest BCUT2D eigenvalue weighted by molar-refractivity contribution is 0.349. The Kier molecular flexibility index (Phi) is 3.42. The highest BCUT2D eigenvalue weighted by Gasteiger charge is 2.15. The van der Waals surface area contributed by atoms with Gasteiger partial charge in [0.1, 0.15) is 0 Å². The topological polar surface area (TPSA) is 58.9 Å². The molecule has 1 rings (SSSR count). The van der Waals surface area contributed by atoms with Crippen molar-refractivity contribution >= 4 is 6.08 Å². The third-order valence-electron chi connectivity index (χ3n) is 2.09. The number of hydrogen-bond donors (Lipinski definition) is 1. The number of hydrogen-bond acceptors (Lipinski definition) is 4. The number of halogens is 1. The molecule has 0 saturated carbocycles. The van der Waals surface area contributed by atoms with Gasteiger partial charge in [-0.3, -0.25) is 0 Å². The van der Waals surface area contributed by atoms with Crippen LogP contribution in [0.3, 0.4) is 0 Å². The Morgan fingerprint density at radius 2 is 2.33 bits per heavy atom. The van der Waals surface area contributed by atoms with Gasteiger partial charge in [0.25, 0.3) is 0 Å². The molecular weight excluding hydrogens is 201 g/mol. The molecule has 0 spiro atoms. The van der Waals surface area contributed by atoms with Crippen molar-refractivity contribution in [3.05, 3.63) is 23.0 Å². The summed E-state index contributed by atoms with van der Waals surface area (Å²) in [6, 6.07) is 1.18. The minimum atomic E-state index is -0.684. The zero-order chi connectivity index (χ0) is 11.4. The molecule has 0 aliphatic carbocycles. The molecule has 1 aromatic carbocycles. The number of nitrogens with zero attached hydrogens (tertiary/aromatic N) is 1. The van der Waals surface area contributed by atoms with Crippen molar-refractivity contribution in [2.24, 2.45) is 4.99 Å². The summed E-state index contributed by atoms with van der Waals surface area (Å²) >= 11 is 0. The maximum absolute atomic E-state index is 13.3. The van der Waals surface area contributed by atoms with Crippen molar-refractivity contribution in [3.8, 4) is 11.5 Å². The molecule has 0 amide bonds. The van der Waals surface area contributed by atoms with Gasteiger partial charge in [-0.2, -0.15) is 0 Å². The van der Waals surface area contributed by atoms with Gasteiger partial charge in [-0.05, 0) is 24.1 Å². The summed E-state index contributed by atoms with van der Waals surface area (Å²) < 4.78 is 18.0. The van der Waals surface area contributed by atoms with E-state index in [1.165, 1.54) is 19.3 Å². The molecule has 0 bridgehead atoms. The molecule has 0 aliphatic heterocycles. The average molecular weight is 211 g/mol. The van der Waals surface area contributed by atoms with Crippen LogP contribution in [-0.4, -0.2) is 18.3 Å². The van der Waals surface area contributed by atoms with E-state index in [-0.39, 0.29) is 18.0 Å². The van der Waals surface area contributed by atoms with Crippen LogP contribution in [-0.2, 0) is 11.3 Å². The summed E-state index contributed by atoms with van der Waals surface area (Å²) in [6.45, 7) is 1.58. The molecule has 4 nitrogen and oxygen atoms in total. The van der Waals surface area contributed by atoms with Crippen LogP contribution >= 0.6 is 0 Å². The normalized spacial score (nSPS) is 9.53. The molecule has 0 radical (unpaired) electrons. The molecule has 1 aromatic rings. The van der Waals surface area contributed by atoms with E-state index >= 15 is 0 Å². The number of phenolic OH excluding ortho intramolecular Hbond substituents is 1. The second kappa shape index (κ2) is 4.57. The summed E-state index contributed by atoms with van der Waals surface area (Å²) in [7, 11) is 1.26. The minimum absolute atomic E-state index is 0.0101. The number of ether oxygens (including phenoxy) is 1. The van der Waals surface area contributed by atoms with E-state index < -0.39 is 5.82 Å². The van der Waals surface area contributed by atoms with Gasteiger partial charge >= 0.3 is 0 Å². The fraction of sp³-hybridized carbons (Fsp3) is 0.300. The predicted molar refractivity (Wildman–Crippen MR) is 51.2 cm³/mol. The van der Waals surface area contributed by atoms with Crippen molar-refractivity contribution in [3.63, 3.8) is 0 Å². The molecule has 0 aliphatic rings. The maximum Gasteiger partial charge on any atom is 0.235 e. The quantitative estimate of drug-likeness (QED) is 0.611. The fourth-order valence-corrected chi connectivity index (χ4v) is 1.24. The number of methoxy groups -OCH3 is 1. The first-order chi connectivity index (χ1) is 7.11. The van der Waals surface area contributed by atoms with E-state index in [4.69, 9.17) is 0 Å². The molecule has 0 heterocycles. The minimum Gasteiger partial charge on any atom is -0.504 e. The van der Waals surface area contributed by atoms with Crippen LogP contribution in [0.4, 0.5) is 4.39 Å². The Labute approximate surface area is 86.0 Å². The molecule has 15 heavy (non-hydrogen) atoms. The van der Waals surface area contributed by atoms with Crippen LogP contribution in [0.5, 0.6) is 11.5 Å². The highest BCUT2D eigenvalue weighted by molar-refractivity contribution is 5.50. The van der Waals surface area contributed by atoms with Crippen LogP contribution in [0.2, 0.25) is 0 Å². The molecule has 0 fully saturated rings. The highest BCUT2D eigenvalue weighted by Crippen LogP contribution is 2.34. The van der Waals surface area contributed by atoms with Gasteiger partial charge in [0.15, 0.2) is 17.3 Å².